The largest absolute Gasteiger partial charge is 0.310 e. The molecule has 5 aromatic carbocycles. The van der Waals surface area contributed by atoms with Crippen LogP contribution in [0.25, 0.3) is 21.9 Å². The summed E-state index contributed by atoms with van der Waals surface area (Å²) < 4.78 is 0. The molecule has 0 aromatic heterocycles. The van der Waals surface area contributed by atoms with Crippen LogP contribution in [-0.2, 0) is 0 Å². The molecule has 0 N–H and O–H groups in total. The van der Waals surface area contributed by atoms with E-state index in [2.05, 4.69) is 134 Å². The van der Waals surface area contributed by atoms with E-state index in [1.807, 2.05) is 0 Å². The van der Waals surface area contributed by atoms with Crippen molar-refractivity contribution in [3.8, 4) is 11.1 Å². The number of hydrogen-bond acceptors (Lipinski definition) is 1. The van der Waals surface area contributed by atoms with E-state index in [9.17, 15) is 0 Å². The third-order valence-electron chi connectivity index (χ3n) is 5.48. The van der Waals surface area contributed by atoms with Crippen LogP contribution >= 0.6 is 0 Å². The van der Waals surface area contributed by atoms with Gasteiger partial charge in [-0.3, -0.25) is 0 Å². The molecule has 0 heterocycles. The second-order valence-electron chi connectivity index (χ2n) is 7.62. The predicted molar refractivity (Wildman–Crippen MR) is 132 cm³/mol. The summed E-state index contributed by atoms with van der Waals surface area (Å²) in [7, 11) is 2.14. The van der Waals surface area contributed by atoms with Crippen LogP contribution in [0.2, 0.25) is 0 Å². The summed E-state index contributed by atoms with van der Waals surface area (Å²) in [6.45, 7) is 0. The number of fused-ring (bicyclic) bond motifs is 1. The van der Waals surface area contributed by atoms with Gasteiger partial charge in [-0.15, -0.1) is 0 Å². The molecule has 5 rings (SSSR count). The van der Waals surface area contributed by atoms with Crippen molar-refractivity contribution in [2.75, 3.05) is 4.90 Å². The summed E-state index contributed by atoms with van der Waals surface area (Å²) in [6.07, 6.45) is 0. The fourth-order valence-electron chi connectivity index (χ4n) is 3.95. The Kier molecular flexibility index (Phi) is 4.82. The van der Waals surface area contributed by atoms with Crippen molar-refractivity contribution in [1.82, 2.24) is 0 Å². The Balaban J connectivity index is 1.60. The minimum absolute atomic E-state index is 1.15. The molecule has 1 nitrogen and oxygen atoms in total. The highest BCUT2D eigenvalue weighted by Crippen LogP contribution is 2.36. The van der Waals surface area contributed by atoms with E-state index in [0.29, 0.717) is 0 Å². The second-order valence-corrected chi connectivity index (χ2v) is 7.62. The van der Waals surface area contributed by atoms with Crippen molar-refractivity contribution in [3.63, 3.8) is 0 Å². The molecule has 0 unspecified atom stereocenters. The maximum Gasteiger partial charge on any atom is 0.139 e. The van der Waals surface area contributed by atoms with Crippen molar-refractivity contribution in [3.05, 3.63) is 121 Å². The molecule has 142 valence electrons. The van der Waals surface area contributed by atoms with Gasteiger partial charge in [0, 0.05) is 17.1 Å². The van der Waals surface area contributed by atoms with Gasteiger partial charge in [0.2, 0.25) is 0 Å². The van der Waals surface area contributed by atoms with Gasteiger partial charge in [-0.25, -0.2) is 0 Å². The zero-order chi connectivity index (χ0) is 20.3. The number of anilines is 3. The van der Waals surface area contributed by atoms with Crippen LogP contribution in [0.5, 0.6) is 0 Å². The standard InChI is InChI=1S/C28H22BN/c29-25-15-11-24-20-28(18-14-23(24)19-25)30(26-9-5-2-6-10-26)27-16-12-22(13-17-27)21-7-3-1-4-8-21/h1-20H,29H2. The number of para-hydroxylation sites is 1. The quantitative estimate of drug-likeness (QED) is 0.332. The van der Waals surface area contributed by atoms with Gasteiger partial charge in [0.25, 0.3) is 0 Å². The first-order chi connectivity index (χ1) is 14.8. The van der Waals surface area contributed by atoms with E-state index in [4.69, 9.17) is 0 Å². The Morgan fingerprint density at radius 2 is 0.967 bits per heavy atom. The van der Waals surface area contributed by atoms with Gasteiger partial charge in [0.05, 0.1) is 0 Å². The van der Waals surface area contributed by atoms with Gasteiger partial charge in [0.1, 0.15) is 7.85 Å². The van der Waals surface area contributed by atoms with Gasteiger partial charge in [-0.2, -0.15) is 0 Å². The first-order valence-corrected chi connectivity index (χ1v) is 10.3. The third-order valence-corrected chi connectivity index (χ3v) is 5.48. The summed E-state index contributed by atoms with van der Waals surface area (Å²) in [6, 6.07) is 43.2. The Morgan fingerprint density at radius 1 is 0.433 bits per heavy atom. The van der Waals surface area contributed by atoms with Crippen LogP contribution < -0.4 is 10.4 Å². The van der Waals surface area contributed by atoms with E-state index in [1.54, 1.807) is 0 Å². The van der Waals surface area contributed by atoms with Crippen molar-refractivity contribution < 1.29 is 0 Å². The number of nitrogens with zero attached hydrogens (tertiary/aromatic N) is 1. The van der Waals surface area contributed by atoms with Crippen molar-refractivity contribution in [2.45, 2.75) is 0 Å². The van der Waals surface area contributed by atoms with Crippen molar-refractivity contribution >= 4 is 41.1 Å². The highest BCUT2D eigenvalue weighted by atomic mass is 15.1. The van der Waals surface area contributed by atoms with Crippen molar-refractivity contribution in [1.29, 1.82) is 0 Å². The van der Waals surface area contributed by atoms with Crippen LogP contribution in [0.15, 0.2) is 121 Å². The highest BCUT2D eigenvalue weighted by Gasteiger charge is 2.13. The Hall–Kier alpha value is -3.78. The van der Waals surface area contributed by atoms with Gasteiger partial charge in [-0.05, 0) is 58.3 Å². The Labute approximate surface area is 178 Å². The zero-order valence-corrected chi connectivity index (χ0v) is 17.0. The molecule has 0 radical (unpaired) electrons. The minimum atomic E-state index is 1.15. The molecule has 5 aromatic rings. The molecule has 30 heavy (non-hydrogen) atoms. The molecule has 0 atom stereocenters. The van der Waals surface area contributed by atoms with E-state index in [1.165, 1.54) is 27.4 Å². The fraction of sp³-hybridized carbons (Fsp3) is 0. The lowest BCUT2D eigenvalue weighted by Gasteiger charge is -2.26. The van der Waals surface area contributed by atoms with Crippen molar-refractivity contribution in [2.24, 2.45) is 0 Å². The second kappa shape index (κ2) is 7.92. The average molecular weight is 383 g/mol. The monoisotopic (exact) mass is 383 g/mol. The maximum atomic E-state index is 2.31. The number of rotatable bonds is 4. The van der Waals surface area contributed by atoms with Gasteiger partial charge >= 0.3 is 0 Å². The van der Waals surface area contributed by atoms with E-state index in [-0.39, 0.29) is 0 Å². The van der Waals surface area contributed by atoms with Crippen LogP contribution in [0.3, 0.4) is 0 Å². The van der Waals surface area contributed by atoms with Gasteiger partial charge in [0.15, 0.2) is 0 Å². The Morgan fingerprint density at radius 3 is 1.70 bits per heavy atom. The van der Waals surface area contributed by atoms with E-state index >= 15 is 0 Å². The van der Waals surface area contributed by atoms with Crippen LogP contribution in [-0.4, -0.2) is 7.85 Å². The predicted octanol–water partition coefficient (Wildman–Crippen LogP) is 6.24. The molecule has 0 aliphatic heterocycles. The molecule has 0 saturated heterocycles. The molecule has 0 bridgehead atoms. The Bertz CT molecular complexity index is 1280. The average Bonchev–Trinajstić information content (AvgIpc) is 2.81. The van der Waals surface area contributed by atoms with E-state index < -0.39 is 0 Å². The van der Waals surface area contributed by atoms with E-state index in [0.717, 1.165) is 17.1 Å². The summed E-state index contributed by atoms with van der Waals surface area (Å²) in [5.74, 6) is 0. The normalized spacial score (nSPS) is 10.8. The molecule has 2 heteroatoms. The molecular weight excluding hydrogens is 361 g/mol. The minimum Gasteiger partial charge on any atom is -0.310 e. The molecule has 0 saturated carbocycles. The summed E-state index contributed by atoms with van der Waals surface area (Å²) in [5.41, 5.74) is 7.19. The molecule has 0 aliphatic carbocycles. The molecule has 0 aliphatic rings. The summed E-state index contributed by atoms with van der Waals surface area (Å²) in [4.78, 5) is 2.31. The SMILES string of the molecule is Bc1ccc2cc(N(c3ccccc3)c3ccc(-c4ccccc4)cc3)ccc2c1. The fourth-order valence-corrected chi connectivity index (χ4v) is 3.95. The first kappa shape index (κ1) is 18.3. The summed E-state index contributed by atoms with van der Waals surface area (Å²) in [5, 5.41) is 2.52. The smallest absolute Gasteiger partial charge is 0.139 e. The third kappa shape index (κ3) is 3.60. The molecule has 0 spiro atoms. The van der Waals surface area contributed by atoms with Crippen LogP contribution in [0.4, 0.5) is 17.1 Å². The lowest BCUT2D eigenvalue weighted by molar-refractivity contribution is 1.29. The lowest BCUT2D eigenvalue weighted by atomic mass is 9.93. The topological polar surface area (TPSA) is 3.24 Å². The van der Waals surface area contributed by atoms with Crippen LogP contribution in [0.1, 0.15) is 0 Å². The van der Waals surface area contributed by atoms with Gasteiger partial charge in [-0.1, -0.05) is 90.4 Å². The summed E-state index contributed by atoms with van der Waals surface area (Å²) >= 11 is 0. The maximum absolute atomic E-state index is 2.31. The molecular formula is C28H22BN. The lowest BCUT2D eigenvalue weighted by Crippen LogP contribution is -2.10. The highest BCUT2D eigenvalue weighted by molar-refractivity contribution is 6.33. The molecule has 0 fully saturated rings. The number of hydrogen-bond donors (Lipinski definition) is 0. The van der Waals surface area contributed by atoms with Gasteiger partial charge < -0.3 is 4.90 Å². The first-order valence-electron chi connectivity index (χ1n) is 10.3. The molecule has 0 amide bonds. The number of benzene rings is 5. The van der Waals surface area contributed by atoms with Crippen LogP contribution in [0, 0.1) is 0 Å². The zero-order valence-electron chi connectivity index (χ0n) is 17.0.